The summed E-state index contributed by atoms with van der Waals surface area (Å²) >= 11 is 0. The van der Waals surface area contributed by atoms with E-state index < -0.39 is 22.0 Å². The summed E-state index contributed by atoms with van der Waals surface area (Å²) in [5, 5.41) is 21.5. The van der Waals surface area contributed by atoms with Crippen molar-refractivity contribution in [3.05, 3.63) is 48.0 Å². The lowest BCUT2D eigenvalue weighted by molar-refractivity contribution is -0.176. The summed E-state index contributed by atoms with van der Waals surface area (Å²) in [6, 6.07) is 12.3. The Kier molecular flexibility index (Phi) is 6.84. The van der Waals surface area contributed by atoms with Crippen molar-refractivity contribution >= 4 is 9.84 Å². The zero-order chi connectivity index (χ0) is 22.1. The number of hydroxylamine groups is 2. The van der Waals surface area contributed by atoms with Gasteiger partial charge in [0, 0.05) is 29.3 Å². The predicted molar refractivity (Wildman–Crippen MR) is 114 cm³/mol. The van der Waals surface area contributed by atoms with Crippen LogP contribution in [0, 0.1) is 5.92 Å². The lowest BCUT2D eigenvalue weighted by Crippen LogP contribution is -2.36. The Morgan fingerprint density at radius 3 is 2.50 bits per heavy atom. The van der Waals surface area contributed by atoms with Crippen molar-refractivity contribution < 1.29 is 28.2 Å². The van der Waals surface area contributed by atoms with Gasteiger partial charge in [-0.1, -0.05) is 30.3 Å². The standard InChI is InChI=1S/C22H29NO6S/c1-14-21(15(2)25)20(13-24)29-23(14)12-17-8-6-10-19(22(17)28-3)16-7-5-9-18(11-16)30(4,26)27/h5-11,14-15,20-21,24-25H,12-13H2,1-4H3/t14-,15+,20+,21+/m1/s1. The van der Waals surface area contributed by atoms with Crippen LogP contribution >= 0.6 is 0 Å². The number of ether oxygens (including phenoxy) is 1. The highest BCUT2D eigenvalue weighted by molar-refractivity contribution is 7.90. The van der Waals surface area contributed by atoms with Gasteiger partial charge in [-0.2, -0.15) is 5.06 Å². The summed E-state index contributed by atoms with van der Waals surface area (Å²) in [5.74, 6) is 0.413. The Hall–Kier alpha value is -1.97. The van der Waals surface area contributed by atoms with Gasteiger partial charge in [-0.15, -0.1) is 0 Å². The minimum Gasteiger partial charge on any atom is -0.496 e. The van der Waals surface area contributed by atoms with E-state index in [1.807, 2.05) is 31.2 Å². The predicted octanol–water partition coefficient (Wildman–Crippen LogP) is 2.26. The van der Waals surface area contributed by atoms with Crippen molar-refractivity contribution in [2.45, 2.75) is 43.5 Å². The summed E-state index contributed by atoms with van der Waals surface area (Å²) in [4.78, 5) is 6.14. The molecule has 0 saturated carbocycles. The van der Waals surface area contributed by atoms with Crippen LogP contribution < -0.4 is 4.74 Å². The fraction of sp³-hybridized carbons (Fsp3) is 0.455. The lowest BCUT2D eigenvalue weighted by Gasteiger charge is -2.24. The molecule has 2 aromatic carbocycles. The largest absolute Gasteiger partial charge is 0.496 e. The number of sulfone groups is 1. The van der Waals surface area contributed by atoms with E-state index in [-0.39, 0.29) is 23.5 Å². The van der Waals surface area contributed by atoms with E-state index in [2.05, 4.69) is 0 Å². The molecule has 1 aliphatic heterocycles. The molecule has 0 unspecified atom stereocenters. The lowest BCUT2D eigenvalue weighted by atomic mass is 9.91. The second-order valence-electron chi connectivity index (χ2n) is 7.76. The first kappa shape index (κ1) is 22.7. The van der Waals surface area contributed by atoms with Gasteiger partial charge in [0.25, 0.3) is 0 Å². The van der Waals surface area contributed by atoms with Gasteiger partial charge < -0.3 is 14.9 Å². The fourth-order valence-electron chi connectivity index (χ4n) is 4.13. The first-order chi connectivity index (χ1) is 14.2. The minimum absolute atomic E-state index is 0.107. The summed E-state index contributed by atoms with van der Waals surface area (Å²) in [5.41, 5.74) is 2.37. The summed E-state index contributed by atoms with van der Waals surface area (Å²) in [6.45, 7) is 3.88. The third kappa shape index (κ3) is 4.53. The van der Waals surface area contributed by atoms with Crippen molar-refractivity contribution in [2.24, 2.45) is 5.92 Å². The first-order valence-corrected chi connectivity index (χ1v) is 11.7. The molecule has 0 aliphatic carbocycles. The van der Waals surface area contributed by atoms with Gasteiger partial charge in [0.15, 0.2) is 9.84 Å². The molecule has 2 aromatic rings. The van der Waals surface area contributed by atoms with Gasteiger partial charge in [-0.05, 0) is 31.5 Å². The van der Waals surface area contributed by atoms with Crippen molar-refractivity contribution in [1.29, 1.82) is 0 Å². The van der Waals surface area contributed by atoms with Crippen LogP contribution in [0.3, 0.4) is 0 Å². The summed E-state index contributed by atoms with van der Waals surface area (Å²) in [6.07, 6.45) is 0.0943. The van der Waals surface area contributed by atoms with Crippen LogP contribution in [0.25, 0.3) is 11.1 Å². The van der Waals surface area contributed by atoms with Gasteiger partial charge in [0.2, 0.25) is 0 Å². The van der Waals surface area contributed by atoms with Gasteiger partial charge in [0.1, 0.15) is 11.9 Å². The van der Waals surface area contributed by atoms with E-state index in [1.54, 1.807) is 37.3 Å². The second-order valence-corrected chi connectivity index (χ2v) is 9.77. The molecule has 3 rings (SSSR count). The van der Waals surface area contributed by atoms with Crippen LogP contribution in [0.15, 0.2) is 47.4 Å². The van der Waals surface area contributed by atoms with E-state index in [9.17, 15) is 18.6 Å². The molecule has 30 heavy (non-hydrogen) atoms. The number of methoxy groups -OCH3 is 1. The van der Waals surface area contributed by atoms with Crippen LogP contribution in [-0.2, 0) is 21.2 Å². The Bertz CT molecular complexity index is 991. The highest BCUT2D eigenvalue weighted by Gasteiger charge is 2.43. The Balaban J connectivity index is 1.96. The molecule has 4 atom stereocenters. The van der Waals surface area contributed by atoms with Crippen molar-refractivity contribution in [3.63, 3.8) is 0 Å². The van der Waals surface area contributed by atoms with Crippen molar-refractivity contribution in [3.8, 4) is 16.9 Å². The molecule has 1 saturated heterocycles. The molecule has 7 nitrogen and oxygen atoms in total. The normalized spacial score (nSPS) is 23.5. The maximum Gasteiger partial charge on any atom is 0.175 e. The van der Waals surface area contributed by atoms with E-state index in [0.29, 0.717) is 12.3 Å². The average molecular weight is 436 g/mol. The van der Waals surface area contributed by atoms with E-state index in [4.69, 9.17) is 9.57 Å². The zero-order valence-electron chi connectivity index (χ0n) is 17.6. The molecule has 0 radical (unpaired) electrons. The van der Waals surface area contributed by atoms with E-state index >= 15 is 0 Å². The number of para-hydroxylation sites is 1. The van der Waals surface area contributed by atoms with Crippen LogP contribution in [0.2, 0.25) is 0 Å². The molecule has 0 aromatic heterocycles. The van der Waals surface area contributed by atoms with Gasteiger partial charge in [-0.25, -0.2) is 8.42 Å². The van der Waals surface area contributed by atoms with Crippen molar-refractivity contribution in [2.75, 3.05) is 20.0 Å². The van der Waals surface area contributed by atoms with Crippen LogP contribution in [0.5, 0.6) is 5.75 Å². The molecule has 1 heterocycles. The summed E-state index contributed by atoms with van der Waals surface area (Å²) in [7, 11) is -1.75. The molecule has 1 fully saturated rings. The molecule has 1 aliphatic rings. The molecule has 8 heteroatoms. The number of nitrogens with zero attached hydrogens (tertiary/aromatic N) is 1. The van der Waals surface area contributed by atoms with E-state index in [1.165, 1.54) is 6.26 Å². The smallest absolute Gasteiger partial charge is 0.175 e. The Labute approximate surface area is 177 Å². The number of aliphatic hydroxyl groups excluding tert-OH is 2. The number of hydrogen-bond donors (Lipinski definition) is 2. The second kappa shape index (κ2) is 9.03. The molecular formula is C22H29NO6S. The SMILES string of the molecule is COc1c(CN2O[C@@H](CO)[C@H]([C@H](C)O)[C@H]2C)cccc1-c1cccc(S(C)(=O)=O)c1. The molecule has 164 valence electrons. The Morgan fingerprint density at radius 1 is 1.23 bits per heavy atom. The third-order valence-corrected chi connectivity index (χ3v) is 6.76. The summed E-state index contributed by atoms with van der Waals surface area (Å²) < 4.78 is 29.6. The highest BCUT2D eigenvalue weighted by Crippen LogP contribution is 2.37. The minimum atomic E-state index is -3.33. The van der Waals surface area contributed by atoms with Crippen LogP contribution in [-0.4, -0.2) is 61.9 Å². The van der Waals surface area contributed by atoms with Crippen LogP contribution in [0.4, 0.5) is 0 Å². The van der Waals surface area contributed by atoms with Gasteiger partial charge in [0.05, 0.1) is 31.3 Å². The van der Waals surface area contributed by atoms with E-state index in [0.717, 1.165) is 16.7 Å². The molecule has 0 amide bonds. The number of aliphatic hydroxyl groups is 2. The average Bonchev–Trinajstić information content (AvgIpc) is 3.03. The Morgan fingerprint density at radius 2 is 1.93 bits per heavy atom. The first-order valence-electron chi connectivity index (χ1n) is 9.86. The fourth-order valence-corrected chi connectivity index (χ4v) is 4.80. The molecular weight excluding hydrogens is 406 g/mol. The number of rotatable bonds is 7. The third-order valence-electron chi connectivity index (χ3n) is 5.65. The molecule has 2 N–H and O–H groups in total. The molecule has 0 bridgehead atoms. The quantitative estimate of drug-likeness (QED) is 0.689. The van der Waals surface area contributed by atoms with Gasteiger partial charge in [-0.3, -0.25) is 4.84 Å². The zero-order valence-corrected chi connectivity index (χ0v) is 18.5. The van der Waals surface area contributed by atoms with Crippen molar-refractivity contribution in [1.82, 2.24) is 5.06 Å². The molecule has 0 spiro atoms. The maximum absolute atomic E-state index is 12.0. The highest BCUT2D eigenvalue weighted by atomic mass is 32.2. The monoisotopic (exact) mass is 435 g/mol. The van der Waals surface area contributed by atoms with Gasteiger partial charge >= 0.3 is 0 Å². The maximum atomic E-state index is 12.0. The van der Waals surface area contributed by atoms with Crippen LogP contribution in [0.1, 0.15) is 19.4 Å². The number of benzene rings is 2. The topological polar surface area (TPSA) is 96.3 Å². The number of hydrogen-bond acceptors (Lipinski definition) is 7.